The molecule has 0 radical (unpaired) electrons. The number of sulfonamides is 1. The molecule has 0 unspecified atom stereocenters. The molecule has 0 amide bonds. The maximum atomic E-state index is 11.4. The normalized spacial score (nSPS) is 13.1. The van der Waals surface area contributed by atoms with Gasteiger partial charge in [0.25, 0.3) is 10.0 Å². The van der Waals surface area contributed by atoms with Gasteiger partial charge in [0.15, 0.2) is 0 Å². The Balaban J connectivity index is 4.62. The second kappa shape index (κ2) is 4.54. The van der Waals surface area contributed by atoms with E-state index in [9.17, 15) is 13.2 Å². The summed E-state index contributed by atoms with van der Waals surface area (Å²) < 4.78 is 29.4. The fourth-order valence-corrected chi connectivity index (χ4v) is 0.991. The Morgan fingerprint density at radius 2 is 1.93 bits per heavy atom. The van der Waals surface area contributed by atoms with Gasteiger partial charge < -0.3 is 4.74 Å². The van der Waals surface area contributed by atoms with Gasteiger partial charge in [0, 0.05) is 0 Å². The van der Waals surface area contributed by atoms with Crippen molar-refractivity contribution in [2.75, 3.05) is 6.61 Å². The van der Waals surface area contributed by atoms with E-state index >= 15 is 0 Å². The van der Waals surface area contributed by atoms with Gasteiger partial charge >= 0.3 is 5.97 Å². The van der Waals surface area contributed by atoms with E-state index in [0.29, 0.717) is 6.21 Å². The van der Waals surface area contributed by atoms with Crippen LogP contribution < -0.4 is 0 Å². The lowest BCUT2D eigenvalue weighted by molar-refractivity contribution is -0.134. The van der Waals surface area contributed by atoms with E-state index in [0.717, 1.165) is 0 Å². The average Bonchev–Trinajstić information content (AvgIpc) is 1.99. The van der Waals surface area contributed by atoms with Gasteiger partial charge in [-0.3, -0.25) is 0 Å². The van der Waals surface area contributed by atoms with Crippen molar-refractivity contribution in [3.63, 3.8) is 0 Å². The highest BCUT2D eigenvalue weighted by Gasteiger charge is 2.28. The fraction of sp³-hybridized carbons (Fsp3) is 0.750. The van der Waals surface area contributed by atoms with E-state index < -0.39 is 20.7 Å². The molecule has 14 heavy (non-hydrogen) atoms. The van der Waals surface area contributed by atoms with E-state index in [1.807, 2.05) is 0 Å². The number of carbonyl (C=O) groups excluding carboxylic acids is 1. The standard InChI is InChI=1S/C8H15NO4S/c1-5-13-7(10)6-9-14(11,12)8(2,3)4/h6H,5H2,1-4H3/b9-6+. The fourth-order valence-electron chi connectivity index (χ4n) is 0.450. The highest BCUT2D eigenvalue weighted by atomic mass is 32.2. The second-order valence-corrected chi connectivity index (χ2v) is 5.96. The Hall–Kier alpha value is -0.910. The maximum Gasteiger partial charge on any atom is 0.350 e. The largest absolute Gasteiger partial charge is 0.462 e. The van der Waals surface area contributed by atoms with Gasteiger partial charge in [0.05, 0.1) is 11.4 Å². The predicted molar refractivity (Wildman–Crippen MR) is 53.8 cm³/mol. The molecule has 0 rings (SSSR count). The smallest absolute Gasteiger partial charge is 0.350 e. The summed E-state index contributed by atoms with van der Waals surface area (Å²) in [5.41, 5.74) is 0. The zero-order valence-electron chi connectivity index (χ0n) is 8.77. The summed E-state index contributed by atoms with van der Waals surface area (Å²) in [6.45, 7) is 6.34. The number of ether oxygens (including phenoxy) is 1. The Kier molecular flexibility index (Phi) is 4.25. The molecule has 0 bridgehead atoms. The maximum absolute atomic E-state index is 11.4. The third-order valence-corrected chi connectivity index (χ3v) is 3.29. The van der Waals surface area contributed by atoms with Crippen molar-refractivity contribution < 1.29 is 17.9 Å². The third-order valence-electron chi connectivity index (χ3n) is 1.36. The van der Waals surface area contributed by atoms with E-state index in [2.05, 4.69) is 9.13 Å². The SMILES string of the molecule is CCOC(=O)/C=N/S(=O)(=O)C(C)(C)C. The van der Waals surface area contributed by atoms with E-state index in [4.69, 9.17) is 0 Å². The predicted octanol–water partition coefficient (Wildman–Crippen LogP) is 0.749. The zero-order chi connectivity index (χ0) is 11.4. The summed E-state index contributed by atoms with van der Waals surface area (Å²) in [5.74, 6) is -0.750. The topological polar surface area (TPSA) is 72.8 Å². The first-order chi connectivity index (χ1) is 6.20. The molecule has 0 aromatic carbocycles. The summed E-state index contributed by atoms with van der Waals surface area (Å²) >= 11 is 0. The average molecular weight is 221 g/mol. The van der Waals surface area contributed by atoms with E-state index in [1.54, 1.807) is 6.92 Å². The molecule has 0 saturated heterocycles. The van der Waals surface area contributed by atoms with Crippen molar-refractivity contribution in [3.05, 3.63) is 0 Å². The molecule has 5 nitrogen and oxygen atoms in total. The first-order valence-corrected chi connectivity index (χ1v) is 5.61. The lowest BCUT2D eigenvalue weighted by atomic mass is 10.3. The van der Waals surface area contributed by atoms with Crippen LogP contribution >= 0.6 is 0 Å². The van der Waals surface area contributed by atoms with Crippen molar-refractivity contribution >= 4 is 22.2 Å². The molecular weight excluding hydrogens is 206 g/mol. The van der Waals surface area contributed by atoms with Crippen molar-refractivity contribution in [1.29, 1.82) is 0 Å². The highest BCUT2D eigenvalue weighted by Crippen LogP contribution is 2.16. The van der Waals surface area contributed by atoms with Crippen LogP contribution in [0.2, 0.25) is 0 Å². The van der Waals surface area contributed by atoms with Gasteiger partial charge in [-0.2, -0.15) is 4.40 Å². The van der Waals surface area contributed by atoms with Crippen LogP contribution in [0.3, 0.4) is 0 Å². The molecular formula is C8H15NO4S. The molecule has 0 spiro atoms. The molecule has 0 aliphatic heterocycles. The number of rotatable bonds is 3. The summed E-state index contributed by atoms with van der Waals surface area (Å²) in [6.07, 6.45) is 0.685. The minimum absolute atomic E-state index is 0.195. The Bertz CT molecular complexity index is 324. The quantitative estimate of drug-likeness (QED) is 0.520. The van der Waals surface area contributed by atoms with Gasteiger partial charge in [0.2, 0.25) is 0 Å². The molecule has 82 valence electrons. The molecule has 0 fully saturated rings. The van der Waals surface area contributed by atoms with Gasteiger partial charge in [-0.15, -0.1) is 0 Å². The summed E-state index contributed by atoms with van der Waals surface area (Å²) in [4.78, 5) is 10.8. The Morgan fingerprint density at radius 3 is 2.29 bits per heavy atom. The van der Waals surface area contributed by atoms with Gasteiger partial charge in [-0.05, 0) is 27.7 Å². The van der Waals surface area contributed by atoms with Gasteiger partial charge in [-0.25, -0.2) is 13.2 Å². The molecule has 6 heteroatoms. The molecule has 0 N–H and O–H groups in total. The number of carbonyl (C=O) groups is 1. The van der Waals surface area contributed by atoms with Crippen LogP contribution in [0, 0.1) is 0 Å². The minimum atomic E-state index is -3.64. The van der Waals surface area contributed by atoms with Crippen molar-refractivity contribution in [3.8, 4) is 0 Å². The summed E-state index contributed by atoms with van der Waals surface area (Å²) in [6, 6.07) is 0. The molecule has 0 saturated carbocycles. The Labute approximate surface area is 84.2 Å². The molecule has 0 aliphatic rings. The highest BCUT2D eigenvalue weighted by molar-refractivity contribution is 7.91. The van der Waals surface area contributed by atoms with E-state index in [-0.39, 0.29) is 6.61 Å². The van der Waals surface area contributed by atoms with Crippen molar-refractivity contribution in [2.45, 2.75) is 32.4 Å². The monoisotopic (exact) mass is 221 g/mol. The zero-order valence-corrected chi connectivity index (χ0v) is 9.59. The number of esters is 1. The number of hydrogen-bond acceptors (Lipinski definition) is 4. The van der Waals surface area contributed by atoms with Crippen LogP contribution in [0.25, 0.3) is 0 Å². The molecule has 0 aromatic rings. The van der Waals surface area contributed by atoms with E-state index in [1.165, 1.54) is 20.8 Å². The van der Waals surface area contributed by atoms with Crippen LogP contribution in [-0.4, -0.2) is 32.0 Å². The second-order valence-electron chi connectivity index (χ2n) is 3.57. The van der Waals surface area contributed by atoms with Crippen LogP contribution in [-0.2, 0) is 19.6 Å². The summed E-state index contributed by atoms with van der Waals surface area (Å²) in [5, 5.41) is 0. The van der Waals surface area contributed by atoms with Crippen LogP contribution in [0.1, 0.15) is 27.7 Å². The van der Waals surface area contributed by atoms with Crippen molar-refractivity contribution in [2.24, 2.45) is 4.40 Å². The van der Waals surface area contributed by atoms with Crippen molar-refractivity contribution in [1.82, 2.24) is 0 Å². The van der Waals surface area contributed by atoms with Crippen LogP contribution in [0.15, 0.2) is 4.40 Å². The number of hydrogen-bond donors (Lipinski definition) is 0. The molecule has 0 atom stereocenters. The van der Waals surface area contributed by atoms with Gasteiger partial charge in [-0.1, -0.05) is 0 Å². The summed E-state index contributed by atoms with van der Waals surface area (Å²) in [7, 11) is -3.64. The van der Waals surface area contributed by atoms with Crippen LogP contribution in [0.5, 0.6) is 0 Å². The molecule has 0 aliphatic carbocycles. The minimum Gasteiger partial charge on any atom is -0.462 e. The van der Waals surface area contributed by atoms with Gasteiger partial charge in [0.1, 0.15) is 6.21 Å². The Morgan fingerprint density at radius 1 is 1.43 bits per heavy atom. The van der Waals surface area contributed by atoms with Crippen LogP contribution in [0.4, 0.5) is 0 Å². The first kappa shape index (κ1) is 13.1. The third kappa shape index (κ3) is 3.87. The lowest BCUT2D eigenvalue weighted by Gasteiger charge is -2.14. The number of nitrogens with zero attached hydrogens (tertiary/aromatic N) is 1. The molecule has 0 heterocycles. The first-order valence-electron chi connectivity index (χ1n) is 4.17. The lowest BCUT2D eigenvalue weighted by Crippen LogP contribution is -2.26. The molecule has 0 aromatic heterocycles.